The van der Waals surface area contributed by atoms with Gasteiger partial charge in [0, 0.05) is 14.1 Å². The molecule has 0 bridgehead atoms. The number of hydrogen-bond donors (Lipinski definition) is 2. The summed E-state index contributed by atoms with van der Waals surface area (Å²) in [6.07, 6.45) is -4.86. The number of carbonyl (C=O) groups is 2. The van der Waals surface area contributed by atoms with Crippen molar-refractivity contribution in [3.8, 4) is 0 Å². The van der Waals surface area contributed by atoms with Crippen molar-refractivity contribution in [3.63, 3.8) is 0 Å². The maximum absolute atomic E-state index is 10.7. The number of nitrogens with zero attached hydrogens (tertiary/aromatic N) is 1. The monoisotopic (exact) mass is 201 g/mol. The quantitative estimate of drug-likeness (QED) is 0.561. The molecule has 0 aliphatic heterocycles. The van der Waals surface area contributed by atoms with Crippen LogP contribution in [-0.2, 0) is 4.79 Å². The Morgan fingerprint density at radius 3 is 1.31 bits per heavy atom. The topological polar surface area (TPSA) is 89.4 Å². The minimum Gasteiger partial charge on any atom is -0.362 e. The first kappa shape index (κ1) is 14.1. The summed E-state index contributed by atoms with van der Waals surface area (Å²) in [6.45, 7) is 0. The summed E-state index contributed by atoms with van der Waals surface area (Å²) in [5.41, 5.74) is 8.53. The van der Waals surface area contributed by atoms with E-state index >= 15 is 0 Å². The summed E-state index contributed by atoms with van der Waals surface area (Å²) >= 11 is 0. The molecule has 0 aliphatic rings. The second-order valence-corrected chi connectivity index (χ2v) is 2.09. The first-order valence-corrected chi connectivity index (χ1v) is 2.92. The zero-order chi connectivity index (χ0) is 11.2. The van der Waals surface area contributed by atoms with Crippen LogP contribution in [0.4, 0.5) is 18.0 Å². The zero-order valence-corrected chi connectivity index (χ0v) is 7.05. The molecule has 0 aliphatic carbocycles. The summed E-state index contributed by atoms with van der Waals surface area (Å²) in [7, 11) is 3.20. The smallest absolute Gasteiger partial charge is 0.362 e. The number of carbonyl (C=O) groups excluding carboxylic acids is 2. The van der Waals surface area contributed by atoms with Crippen molar-refractivity contribution in [2.45, 2.75) is 6.18 Å². The Hall–Kier alpha value is -1.47. The Balaban J connectivity index is 0. The fourth-order valence-corrected chi connectivity index (χ4v) is 0. The normalized spacial score (nSPS) is 9.62. The standard InChI is InChI=1S/C3H8N2O.C2H2F3NO/c1-5(2)3(4)6;3-2(4,5)1(6)7/h1-2H3,(H2,4,6);(H2,6,7). The minimum atomic E-state index is -4.86. The van der Waals surface area contributed by atoms with Gasteiger partial charge < -0.3 is 16.4 Å². The van der Waals surface area contributed by atoms with E-state index in [4.69, 9.17) is 10.5 Å². The van der Waals surface area contributed by atoms with Crippen molar-refractivity contribution >= 4 is 11.9 Å². The van der Waals surface area contributed by atoms with E-state index in [1.807, 2.05) is 0 Å². The second-order valence-electron chi connectivity index (χ2n) is 2.09. The first-order valence-electron chi connectivity index (χ1n) is 2.92. The van der Waals surface area contributed by atoms with Crippen LogP contribution in [0.25, 0.3) is 0 Å². The molecular formula is C5H10F3N3O2. The van der Waals surface area contributed by atoms with Gasteiger partial charge in [0.1, 0.15) is 0 Å². The molecule has 4 N–H and O–H groups in total. The number of hydrogen-bond acceptors (Lipinski definition) is 2. The SMILES string of the molecule is CN(C)C(N)=O.NC(=O)C(F)(F)F. The third-order valence-electron chi connectivity index (χ3n) is 0.720. The first-order chi connectivity index (χ1) is 5.59. The Morgan fingerprint density at radius 1 is 1.15 bits per heavy atom. The highest BCUT2D eigenvalue weighted by atomic mass is 19.4. The van der Waals surface area contributed by atoms with Crippen LogP contribution in [0.2, 0.25) is 0 Å². The molecule has 0 saturated carbocycles. The second kappa shape index (κ2) is 5.22. The molecule has 0 unspecified atom stereocenters. The highest BCUT2D eigenvalue weighted by Gasteiger charge is 2.35. The van der Waals surface area contributed by atoms with Gasteiger partial charge in [-0.15, -0.1) is 0 Å². The third-order valence-corrected chi connectivity index (χ3v) is 0.720. The minimum absolute atomic E-state index is 0.407. The molecule has 0 aromatic heterocycles. The van der Waals surface area contributed by atoms with Gasteiger partial charge in [0.05, 0.1) is 0 Å². The lowest BCUT2D eigenvalue weighted by atomic mass is 10.6. The number of primary amides is 2. The van der Waals surface area contributed by atoms with Crippen molar-refractivity contribution in [1.29, 1.82) is 0 Å². The van der Waals surface area contributed by atoms with E-state index in [0.717, 1.165) is 0 Å². The summed E-state index contributed by atoms with van der Waals surface area (Å²) in [6, 6.07) is -0.407. The van der Waals surface area contributed by atoms with Gasteiger partial charge in [-0.2, -0.15) is 13.2 Å². The van der Waals surface area contributed by atoms with Crippen LogP contribution in [0, 0.1) is 0 Å². The molecule has 0 aromatic rings. The van der Waals surface area contributed by atoms with Gasteiger partial charge in [-0.3, -0.25) is 4.79 Å². The van der Waals surface area contributed by atoms with Crippen LogP contribution in [0.3, 0.4) is 0 Å². The van der Waals surface area contributed by atoms with E-state index in [-0.39, 0.29) is 0 Å². The molecule has 13 heavy (non-hydrogen) atoms. The van der Waals surface area contributed by atoms with Gasteiger partial charge >= 0.3 is 18.1 Å². The Labute approximate surface area is 72.5 Å². The van der Waals surface area contributed by atoms with E-state index in [1.54, 1.807) is 14.1 Å². The van der Waals surface area contributed by atoms with Gasteiger partial charge in [-0.25, -0.2) is 4.79 Å². The van der Waals surface area contributed by atoms with Crippen molar-refractivity contribution in [2.24, 2.45) is 11.5 Å². The lowest BCUT2D eigenvalue weighted by molar-refractivity contribution is -0.169. The number of urea groups is 1. The molecule has 0 radical (unpaired) electrons. The van der Waals surface area contributed by atoms with Gasteiger partial charge in [-0.05, 0) is 0 Å². The molecule has 0 atom stereocenters. The van der Waals surface area contributed by atoms with E-state index in [1.165, 1.54) is 4.90 Å². The number of rotatable bonds is 0. The highest BCUT2D eigenvalue weighted by Crippen LogP contribution is 2.11. The van der Waals surface area contributed by atoms with Gasteiger partial charge in [0.15, 0.2) is 0 Å². The molecule has 0 heterocycles. The molecule has 0 fully saturated rings. The van der Waals surface area contributed by atoms with Crippen molar-refractivity contribution in [3.05, 3.63) is 0 Å². The summed E-state index contributed by atoms with van der Waals surface area (Å²) in [4.78, 5) is 20.3. The fraction of sp³-hybridized carbons (Fsp3) is 0.600. The molecule has 78 valence electrons. The molecule has 0 rings (SSSR count). The van der Waals surface area contributed by atoms with Crippen LogP contribution in [0.5, 0.6) is 0 Å². The zero-order valence-electron chi connectivity index (χ0n) is 7.05. The van der Waals surface area contributed by atoms with Gasteiger partial charge in [-0.1, -0.05) is 0 Å². The van der Waals surface area contributed by atoms with Crippen molar-refractivity contribution < 1.29 is 22.8 Å². The van der Waals surface area contributed by atoms with Crippen LogP contribution in [0.15, 0.2) is 0 Å². The maximum atomic E-state index is 10.7. The Bertz CT molecular complexity index is 190. The number of alkyl halides is 3. The van der Waals surface area contributed by atoms with Crippen molar-refractivity contribution in [2.75, 3.05) is 14.1 Å². The van der Waals surface area contributed by atoms with E-state index in [9.17, 15) is 18.0 Å². The molecule has 8 heteroatoms. The lowest BCUT2D eigenvalue weighted by Gasteiger charge is -2.01. The molecular weight excluding hydrogens is 191 g/mol. The number of nitrogens with two attached hydrogens (primary N) is 2. The largest absolute Gasteiger partial charge is 0.470 e. The fourth-order valence-electron chi connectivity index (χ4n) is 0. The summed E-state index contributed by atoms with van der Waals surface area (Å²) < 4.78 is 32.1. The summed E-state index contributed by atoms with van der Waals surface area (Å²) in [5, 5.41) is 0. The van der Waals surface area contributed by atoms with Crippen LogP contribution in [-0.4, -0.2) is 37.1 Å². The third kappa shape index (κ3) is 10.5. The number of halogens is 3. The average Bonchev–Trinajstić information content (AvgIpc) is 1.86. The van der Waals surface area contributed by atoms with E-state index in [2.05, 4.69) is 5.73 Å². The van der Waals surface area contributed by atoms with Crippen molar-refractivity contribution in [1.82, 2.24) is 4.90 Å². The van der Waals surface area contributed by atoms with Gasteiger partial charge in [0.25, 0.3) is 0 Å². The maximum Gasteiger partial charge on any atom is 0.470 e. The lowest BCUT2D eigenvalue weighted by Crippen LogP contribution is -2.30. The van der Waals surface area contributed by atoms with Crippen LogP contribution in [0.1, 0.15) is 0 Å². The molecule has 5 nitrogen and oxygen atoms in total. The molecule has 0 spiro atoms. The van der Waals surface area contributed by atoms with E-state index < -0.39 is 18.1 Å². The molecule has 3 amide bonds. The number of amides is 3. The Kier molecular flexibility index (Phi) is 5.66. The highest BCUT2D eigenvalue weighted by molar-refractivity contribution is 5.79. The van der Waals surface area contributed by atoms with Gasteiger partial charge in [0.2, 0.25) is 0 Å². The van der Waals surface area contributed by atoms with E-state index in [0.29, 0.717) is 0 Å². The predicted octanol–water partition coefficient (Wildman–Crippen LogP) is -0.339. The average molecular weight is 201 g/mol. The predicted molar refractivity (Wildman–Crippen MR) is 38.5 cm³/mol. The molecule has 0 saturated heterocycles. The Morgan fingerprint density at radius 2 is 1.31 bits per heavy atom. The van der Waals surface area contributed by atoms with Crippen LogP contribution < -0.4 is 11.5 Å². The summed E-state index contributed by atoms with van der Waals surface area (Å²) in [5.74, 6) is -2.26. The molecule has 0 aromatic carbocycles. The van der Waals surface area contributed by atoms with Crippen LogP contribution >= 0.6 is 0 Å².